The van der Waals surface area contributed by atoms with Crippen LogP contribution in [-0.2, 0) is 24.9 Å². The van der Waals surface area contributed by atoms with Crippen molar-refractivity contribution in [2.24, 2.45) is 12.0 Å². The van der Waals surface area contributed by atoms with Gasteiger partial charge in [0.05, 0.1) is 25.1 Å². The van der Waals surface area contributed by atoms with Crippen LogP contribution in [0.4, 0.5) is 5.69 Å². The van der Waals surface area contributed by atoms with Gasteiger partial charge in [0.1, 0.15) is 18.1 Å². The Labute approximate surface area is 206 Å². The number of benzene rings is 1. The minimum atomic E-state index is 0. The summed E-state index contributed by atoms with van der Waals surface area (Å²) in [6.07, 6.45) is 6.42. The first-order valence-corrected chi connectivity index (χ1v) is 10.5. The van der Waals surface area contributed by atoms with E-state index in [1.54, 1.807) is 10.9 Å². The van der Waals surface area contributed by atoms with E-state index in [0.29, 0.717) is 25.7 Å². The van der Waals surface area contributed by atoms with Crippen LogP contribution in [0.25, 0.3) is 0 Å². The molecule has 0 atom stereocenters. The Morgan fingerprint density at radius 1 is 1.22 bits per heavy atom. The molecule has 2 aromatic heterocycles. The van der Waals surface area contributed by atoms with Crippen LogP contribution in [0.15, 0.2) is 64.5 Å². The van der Waals surface area contributed by atoms with Crippen molar-refractivity contribution in [1.29, 1.82) is 0 Å². The fraction of sp³-hybridized carbons (Fsp3) is 0.391. The average Bonchev–Trinajstić information content (AvgIpc) is 3.41. The molecule has 2 heterocycles. The number of nitrogens with one attached hydrogen (secondary N) is 2. The number of guanidine groups is 1. The van der Waals surface area contributed by atoms with Gasteiger partial charge in [-0.1, -0.05) is 0 Å². The Kier molecular flexibility index (Phi) is 11.1. The van der Waals surface area contributed by atoms with E-state index in [1.165, 1.54) is 0 Å². The standard InChI is InChI=1S/C23H31N5O3.HI/c1-18(2)31-21-9-7-20(8-10-21)27-23(25-14-19-15-26-28(3)16-19)24-11-5-12-29-17-22-6-4-13-30-22;/h4,6-10,13,15-16,18H,5,11-12,14,17H2,1-3H3,(H2,24,25,27);1H. The summed E-state index contributed by atoms with van der Waals surface area (Å²) in [5.41, 5.74) is 1.98. The van der Waals surface area contributed by atoms with Crippen LogP contribution in [0.3, 0.4) is 0 Å². The highest BCUT2D eigenvalue weighted by Gasteiger charge is 2.04. The predicted octanol–water partition coefficient (Wildman–Crippen LogP) is 4.58. The van der Waals surface area contributed by atoms with Crippen molar-refractivity contribution in [3.8, 4) is 5.75 Å². The Hall–Kier alpha value is -2.53. The maximum atomic E-state index is 5.71. The zero-order valence-electron chi connectivity index (χ0n) is 18.8. The van der Waals surface area contributed by atoms with Gasteiger partial charge in [-0.15, -0.1) is 24.0 Å². The summed E-state index contributed by atoms with van der Waals surface area (Å²) in [4.78, 5) is 4.69. The van der Waals surface area contributed by atoms with Crippen LogP contribution < -0.4 is 15.4 Å². The zero-order valence-corrected chi connectivity index (χ0v) is 21.1. The second kappa shape index (κ2) is 13.8. The molecule has 2 N–H and O–H groups in total. The van der Waals surface area contributed by atoms with Gasteiger partial charge in [-0.05, 0) is 56.7 Å². The smallest absolute Gasteiger partial charge is 0.196 e. The second-order valence-electron chi connectivity index (χ2n) is 7.42. The maximum absolute atomic E-state index is 5.71. The molecule has 0 fully saturated rings. The maximum Gasteiger partial charge on any atom is 0.196 e. The zero-order chi connectivity index (χ0) is 21.9. The van der Waals surface area contributed by atoms with Gasteiger partial charge in [0.2, 0.25) is 0 Å². The number of hydrogen-bond donors (Lipinski definition) is 2. The van der Waals surface area contributed by atoms with Crippen molar-refractivity contribution in [3.05, 3.63) is 66.4 Å². The topological polar surface area (TPSA) is 85.8 Å². The number of aromatic nitrogens is 2. The molecule has 0 saturated carbocycles. The fourth-order valence-corrected chi connectivity index (χ4v) is 2.84. The summed E-state index contributed by atoms with van der Waals surface area (Å²) in [7, 11) is 1.90. The molecule has 0 aliphatic heterocycles. The highest BCUT2D eigenvalue weighted by atomic mass is 127. The molecule has 0 bridgehead atoms. The van der Waals surface area contributed by atoms with Crippen LogP contribution in [0.5, 0.6) is 5.75 Å². The molecule has 3 rings (SSSR count). The number of aryl methyl sites for hydroxylation is 1. The van der Waals surface area contributed by atoms with Crippen molar-refractivity contribution >= 4 is 35.6 Å². The summed E-state index contributed by atoms with van der Waals surface area (Å²) in [5, 5.41) is 10.9. The van der Waals surface area contributed by atoms with Gasteiger partial charge in [-0.3, -0.25) is 4.68 Å². The lowest BCUT2D eigenvalue weighted by Gasteiger charge is -2.14. The molecule has 0 spiro atoms. The number of nitrogens with zero attached hydrogens (tertiary/aromatic N) is 3. The third kappa shape index (κ3) is 9.31. The minimum Gasteiger partial charge on any atom is -0.491 e. The van der Waals surface area contributed by atoms with E-state index >= 15 is 0 Å². The summed E-state index contributed by atoms with van der Waals surface area (Å²) in [5.74, 6) is 2.38. The quantitative estimate of drug-likeness (QED) is 0.157. The highest BCUT2D eigenvalue weighted by Crippen LogP contribution is 2.17. The summed E-state index contributed by atoms with van der Waals surface area (Å²) in [6.45, 7) is 6.40. The Balaban J connectivity index is 0.00000363. The molecule has 0 unspecified atom stereocenters. The van der Waals surface area contributed by atoms with Crippen LogP contribution in [0.2, 0.25) is 0 Å². The van der Waals surface area contributed by atoms with Gasteiger partial charge < -0.3 is 24.5 Å². The minimum absolute atomic E-state index is 0. The molecule has 0 saturated heterocycles. The van der Waals surface area contributed by atoms with Gasteiger partial charge in [0.25, 0.3) is 0 Å². The normalized spacial score (nSPS) is 11.3. The van der Waals surface area contributed by atoms with Gasteiger partial charge in [0, 0.05) is 37.6 Å². The molecule has 174 valence electrons. The molecule has 9 heteroatoms. The number of halogens is 1. The number of hydrogen-bond acceptors (Lipinski definition) is 5. The van der Waals surface area contributed by atoms with Gasteiger partial charge in [-0.25, -0.2) is 4.99 Å². The molecule has 0 radical (unpaired) electrons. The van der Waals surface area contributed by atoms with E-state index in [9.17, 15) is 0 Å². The second-order valence-corrected chi connectivity index (χ2v) is 7.42. The predicted molar refractivity (Wildman–Crippen MR) is 137 cm³/mol. The molecular weight excluding hydrogens is 521 g/mol. The lowest BCUT2D eigenvalue weighted by Crippen LogP contribution is -2.32. The van der Waals surface area contributed by atoms with Crippen molar-refractivity contribution in [2.75, 3.05) is 18.5 Å². The third-order valence-corrected chi connectivity index (χ3v) is 4.25. The first kappa shape index (κ1) is 25.7. The number of rotatable bonds is 11. The first-order valence-electron chi connectivity index (χ1n) is 10.5. The summed E-state index contributed by atoms with van der Waals surface area (Å²) < 4.78 is 18.4. The van der Waals surface area contributed by atoms with E-state index < -0.39 is 0 Å². The molecular formula is C23H32IN5O3. The van der Waals surface area contributed by atoms with Gasteiger partial charge in [0.15, 0.2) is 5.96 Å². The van der Waals surface area contributed by atoms with E-state index in [2.05, 4.69) is 20.7 Å². The molecule has 0 aliphatic rings. The van der Waals surface area contributed by atoms with Crippen LogP contribution in [0.1, 0.15) is 31.6 Å². The highest BCUT2D eigenvalue weighted by molar-refractivity contribution is 14.0. The molecule has 0 aliphatic carbocycles. The molecule has 1 aromatic carbocycles. The Bertz CT molecular complexity index is 924. The van der Waals surface area contributed by atoms with Crippen molar-refractivity contribution < 1.29 is 13.9 Å². The number of aliphatic imine (C=N–C) groups is 1. The lowest BCUT2D eigenvalue weighted by atomic mass is 10.3. The van der Waals surface area contributed by atoms with E-state index in [4.69, 9.17) is 13.9 Å². The average molecular weight is 553 g/mol. The van der Waals surface area contributed by atoms with Crippen LogP contribution >= 0.6 is 24.0 Å². The number of anilines is 1. The molecule has 32 heavy (non-hydrogen) atoms. The summed E-state index contributed by atoms with van der Waals surface area (Å²) >= 11 is 0. The van der Waals surface area contributed by atoms with Gasteiger partial charge in [-0.2, -0.15) is 5.10 Å². The Morgan fingerprint density at radius 2 is 2.03 bits per heavy atom. The van der Waals surface area contributed by atoms with Crippen LogP contribution in [-0.4, -0.2) is 35.0 Å². The van der Waals surface area contributed by atoms with E-state index in [0.717, 1.165) is 35.7 Å². The first-order chi connectivity index (χ1) is 15.1. The monoisotopic (exact) mass is 553 g/mol. The van der Waals surface area contributed by atoms with E-state index in [1.807, 2.05) is 69.7 Å². The Morgan fingerprint density at radius 3 is 2.69 bits per heavy atom. The fourth-order valence-electron chi connectivity index (χ4n) is 2.84. The summed E-state index contributed by atoms with van der Waals surface area (Å²) in [6, 6.07) is 11.6. The van der Waals surface area contributed by atoms with Crippen molar-refractivity contribution in [2.45, 2.75) is 39.5 Å². The molecule has 8 nitrogen and oxygen atoms in total. The van der Waals surface area contributed by atoms with E-state index in [-0.39, 0.29) is 30.1 Å². The third-order valence-electron chi connectivity index (χ3n) is 4.25. The number of furan rings is 1. The van der Waals surface area contributed by atoms with Crippen molar-refractivity contribution in [1.82, 2.24) is 15.1 Å². The molecule has 0 amide bonds. The molecule has 3 aromatic rings. The lowest BCUT2D eigenvalue weighted by molar-refractivity contribution is 0.105. The van der Waals surface area contributed by atoms with Gasteiger partial charge >= 0.3 is 0 Å². The van der Waals surface area contributed by atoms with Crippen LogP contribution in [0, 0.1) is 0 Å². The van der Waals surface area contributed by atoms with Crippen molar-refractivity contribution in [3.63, 3.8) is 0 Å². The largest absolute Gasteiger partial charge is 0.491 e. The number of ether oxygens (including phenoxy) is 2. The SMILES string of the molecule is CC(C)Oc1ccc(NC(=NCc2cnn(C)c2)NCCCOCc2ccco2)cc1.I.